The largest absolute Gasteiger partial charge is 0.479 e. The SMILES string of the molecule is CCOP(=O)(COC(CO)COn1cnc2c(OC)nc(N)nc21)OCC. The van der Waals surface area contributed by atoms with E-state index in [4.69, 9.17) is 29.1 Å². The van der Waals surface area contributed by atoms with E-state index in [1.165, 1.54) is 18.2 Å². The van der Waals surface area contributed by atoms with Gasteiger partial charge in [-0.25, -0.2) is 4.98 Å². The van der Waals surface area contributed by atoms with Crippen molar-refractivity contribution in [2.45, 2.75) is 20.0 Å². The molecule has 0 fully saturated rings. The lowest BCUT2D eigenvalue weighted by Crippen LogP contribution is -2.30. The van der Waals surface area contributed by atoms with E-state index in [-0.39, 0.29) is 44.6 Å². The average molecular weight is 405 g/mol. The fourth-order valence-electron chi connectivity index (χ4n) is 2.13. The van der Waals surface area contributed by atoms with Crippen molar-refractivity contribution in [3.8, 4) is 5.88 Å². The van der Waals surface area contributed by atoms with E-state index >= 15 is 0 Å². The van der Waals surface area contributed by atoms with Gasteiger partial charge in [-0.2, -0.15) is 14.7 Å². The first-order chi connectivity index (χ1) is 13.0. The van der Waals surface area contributed by atoms with E-state index in [0.717, 1.165) is 0 Å². The first-order valence-electron chi connectivity index (χ1n) is 8.24. The number of aromatic nitrogens is 4. The zero-order chi connectivity index (χ0) is 19.9. The molecule has 27 heavy (non-hydrogen) atoms. The molecule has 152 valence electrons. The van der Waals surface area contributed by atoms with E-state index in [2.05, 4.69) is 15.0 Å². The fraction of sp³-hybridized carbons (Fsp3) is 0.643. The van der Waals surface area contributed by atoms with Crippen LogP contribution in [-0.2, 0) is 18.3 Å². The Morgan fingerprint density at radius 1 is 1.30 bits per heavy atom. The lowest BCUT2D eigenvalue weighted by molar-refractivity contribution is -0.0345. The van der Waals surface area contributed by atoms with Crippen molar-refractivity contribution in [3.63, 3.8) is 0 Å². The third kappa shape index (κ3) is 5.50. The van der Waals surface area contributed by atoms with Crippen LogP contribution < -0.4 is 15.3 Å². The first kappa shape index (κ1) is 21.3. The Labute approximate surface area is 156 Å². The van der Waals surface area contributed by atoms with Gasteiger partial charge in [-0.3, -0.25) is 4.57 Å². The Morgan fingerprint density at radius 2 is 2.00 bits per heavy atom. The summed E-state index contributed by atoms with van der Waals surface area (Å²) < 4.78 is 34.5. The second-order valence-corrected chi connectivity index (χ2v) is 7.17. The van der Waals surface area contributed by atoms with Gasteiger partial charge in [0.05, 0.1) is 26.9 Å². The number of nitrogen functional groups attached to an aromatic ring is 1. The molecule has 1 unspecified atom stereocenters. The average Bonchev–Trinajstić information content (AvgIpc) is 3.04. The van der Waals surface area contributed by atoms with Crippen LogP contribution in [-0.4, -0.2) is 70.8 Å². The van der Waals surface area contributed by atoms with Crippen LogP contribution in [0.4, 0.5) is 5.95 Å². The number of rotatable bonds is 12. The fourth-order valence-corrected chi connectivity index (χ4v) is 3.53. The highest BCUT2D eigenvalue weighted by Crippen LogP contribution is 2.48. The molecule has 0 aliphatic rings. The molecule has 2 heterocycles. The molecule has 0 saturated heterocycles. The number of aliphatic hydroxyl groups excluding tert-OH is 1. The van der Waals surface area contributed by atoms with Crippen LogP contribution in [0.1, 0.15) is 13.8 Å². The summed E-state index contributed by atoms with van der Waals surface area (Å²) in [5.41, 5.74) is 6.30. The van der Waals surface area contributed by atoms with Gasteiger partial charge in [0.15, 0.2) is 5.52 Å². The molecule has 2 aromatic rings. The molecule has 0 spiro atoms. The monoisotopic (exact) mass is 405 g/mol. The molecule has 0 radical (unpaired) electrons. The van der Waals surface area contributed by atoms with Crippen molar-refractivity contribution >= 4 is 24.7 Å². The third-order valence-electron chi connectivity index (χ3n) is 3.27. The highest BCUT2D eigenvalue weighted by molar-refractivity contribution is 7.53. The van der Waals surface area contributed by atoms with Crippen LogP contribution in [0.3, 0.4) is 0 Å². The molecular formula is C14H24N5O7P. The maximum atomic E-state index is 12.4. The van der Waals surface area contributed by atoms with Gasteiger partial charge in [-0.1, -0.05) is 0 Å². The lowest BCUT2D eigenvalue weighted by atomic mass is 10.4. The maximum absolute atomic E-state index is 12.4. The molecule has 0 aliphatic heterocycles. The Kier molecular flexibility index (Phi) is 7.75. The molecule has 3 N–H and O–H groups in total. The maximum Gasteiger partial charge on any atom is 0.356 e. The number of aliphatic hydroxyl groups is 1. The number of hydrogen-bond donors (Lipinski definition) is 2. The Bertz CT molecular complexity index is 777. The van der Waals surface area contributed by atoms with Crippen molar-refractivity contribution in [3.05, 3.63) is 6.33 Å². The van der Waals surface area contributed by atoms with Crippen LogP contribution in [0, 0.1) is 0 Å². The highest BCUT2D eigenvalue weighted by atomic mass is 31.2. The predicted molar refractivity (Wildman–Crippen MR) is 95.4 cm³/mol. The molecular weight excluding hydrogens is 381 g/mol. The standard InChI is InChI=1S/C14H24N5O7P/c1-4-25-27(21,26-5-2)9-23-10(6-20)7-24-19-8-16-11-12(19)17-14(15)18-13(11)22-3/h8,10,20H,4-7,9H2,1-3H3,(H2,15,17,18). The van der Waals surface area contributed by atoms with Crippen molar-refractivity contribution in [2.24, 2.45) is 0 Å². The molecule has 0 bridgehead atoms. The molecule has 0 aromatic carbocycles. The number of hydrogen-bond acceptors (Lipinski definition) is 11. The minimum absolute atomic E-state index is 0.00553. The molecule has 2 rings (SSSR count). The van der Waals surface area contributed by atoms with Gasteiger partial charge >= 0.3 is 7.60 Å². The molecule has 13 heteroatoms. The zero-order valence-corrected chi connectivity index (χ0v) is 16.3. The van der Waals surface area contributed by atoms with Gasteiger partial charge in [-0.15, -0.1) is 0 Å². The molecule has 0 amide bonds. The summed E-state index contributed by atoms with van der Waals surface area (Å²) in [7, 11) is -1.95. The highest BCUT2D eigenvalue weighted by Gasteiger charge is 2.26. The summed E-state index contributed by atoms with van der Waals surface area (Å²) in [4.78, 5) is 17.6. The summed E-state index contributed by atoms with van der Waals surface area (Å²) >= 11 is 0. The smallest absolute Gasteiger partial charge is 0.356 e. The minimum Gasteiger partial charge on any atom is -0.479 e. The van der Waals surface area contributed by atoms with Gasteiger partial charge in [0.2, 0.25) is 17.5 Å². The second-order valence-electron chi connectivity index (χ2n) is 5.18. The first-order valence-corrected chi connectivity index (χ1v) is 9.97. The molecule has 0 saturated carbocycles. The second kappa shape index (κ2) is 9.81. The quantitative estimate of drug-likeness (QED) is 0.473. The Hall–Kier alpha value is -1.98. The van der Waals surface area contributed by atoms with Crippen LogP contribution in [0.5, 0.6) is 5.88 Å². The van der Waals surface area contributed by atoms with Gasteiger partial charge in [0.25, 0.3) is 0 Å². The number of methoxy groups -OCH3 is 1. The van der Waals surface area contributed by atoms with Crippen molar-refractivity contribution in [1.29, 1.82) is 0 Å². The number of ether oxygens (including phenoxy) is 2. The normalized spacial score (nSPS) is 13.0. The van der Waals surface area contributed by atoms with Crippen molar-refractivity contribution in [2.75, 3.05) is 45.6 Å². The van der Waals surface area contributed by atoms with E-state index in [1.54, 1.807) is 13.8 Å². The Morgan fingerprint density at radius 3 is 2.59 bits per heavy atom. The topological polar surface area (TPSA) is 153 Å². The van der Waals surface area contributed by atoms with Gasteiger partial charge in [0, 0.05) is 0 Å². The van der Waals surface area contributed by atoms with E-state index in [0.29, 0.717) is 11.2 Å². The number of fused-ring (bicyclic) bond motifs is 1. The number of imidazole rings is 1. The summed E-state index contributed by atoms with van der Waals surface area (Å²) in [5.74, 6) is 0.207. The van der Waals surface area contributed by atoms with Crippen LogP contribution in [0.25, 0.3) is 11.2 Å². The van der Waals surface area contributed by atoms with E-state index in [1.807, 2.05) is 0 Å². The van der Waals surface area contributed by atoms with E-state index in [9.17, 15) is 9.67 Å². The third-order valence-corrected chi connectivity index (χ3v) is 5.04. The minimum atomic E-state index is -3.39. The summed E-state index contributed by atoms with van der Waals surface area (Å²) in [6.07, 6.45) is 0.274. The lowest BCUT2D eigenvalue weighted by Gasteiger charge is -2.21. The zero-order valence-electron chi connectivity index (χ0n) is 15.4. The van der Waals surface area contributed by atoms with Crippen LogP contribution >= 0.6 is 7.60 Å². The number of nitrogens with zero attached hydrogens (tertiary/aromatic N) is 4. The van der Waals surface area contributed by atoms with Crippen molar-refractivity contribution < 1.29 is 33.0 Å². The molecule has 12 nitrogen and oxygen atoms in total. The van der Waals surface area contributed by atoms with E-state index < -0.39 is 13.7 Å². The summed E-state index contributed by atoms with van der Waals surface area (Å²) in [5, 5.41) is 9.48. The van der Waals surface area contributed by atoms with Gasteiger partial charge in [0.1, 0.15) is 25.4 Å². The summed E-state index contributed by atoms with van der Waals surface area (Å²) in [6, 6.07) is 0. The van der Waals surface area contributed by atoms with Gasteiger partial charge in [-0.05, 0) is 13.8 Å². The van der Waals surface area contributed by atoms with Crippen molar-refractivity contribution in [1.82, 2.24) is 19.7 Å². The molecule has 2 aromatic heterocycles. The van der Waals surface area contributed by atoms with Gasteiger partial charge < -0.3 is 34.2 Å². The number of nitrogens with two attached hydrogens (primary N) is 1. The molecule has 0 aliphatic carbocycles. The molecule has 1 atom stereocenters. The predicted octanol–water partition coefficient (Wildman–Crippen LogP) is 0.447. The van der Waals surface area contributed by atoms with Crippen LogP contribution in [0.15, 0.2) is 6.33 Å². The number of anilines is 1. The summed E-state index contributed by atoms with van der Waals surface area (Å²) in [6.45, 7) is 3.38. The van der Waals surface area contributed by atoms with Crippen LogP contribution in [0.2, 0.25) is 0 Å². The Balaban J connectivity index is 2.02.